The molecular weight excluding hydrogens is 278 g/mol. The smallest absolute Gasteiger partial charge is 0.338 e. The third kappa shape index (κ3) is 6.48. The fourth-order valence-corrected chi connectivity index (χ4v) is 1.43. The number of carbonyl (C=O) groups is 2. The predicted octanol–water partition coefficient (Wildman–Crippen LogP) is -0.331. The molecule has 0 aliphatic heterocycles. The van der Waals surface area contributed by atoms with E-state index in [1.165, 1.54) is 24.5 Å². The van der Waals surface area contributed by atoms with Crippen molar-refractivity contribution in [3.63, 3.8) is 0 Å². The van der Waals surface area contributed by atoms with Gasteiger partial charge in [0.2, 0.25) is 0 Å². The molecule has 1 aromatic heterocycles. The molecule has 0 saturated carbocycles. The maximum atomic E-state index is 11.4. The predicted molar refractivity (Wildman–Crippen MR) is 61.9 cm³/mol. The SMILES string of the molecule is O=C(CS(=O)(=O)O)OCCOC(=O)c1ccncc1. The summed E-state index contributed by atoms with van der Waals surface area (Å²) in [5, 5.41) is 0. The number of pyridine rings is 1. The number of hydrogen-bond donors (Lipinski definition) is 1. The standard InChI is InChI=1S/C10H11NO7S/c12-9(7-19(14,15)16)17-5-6-18-10(13)8-1-3-11-4-2-8/h1-4H,5-7H2,(H,14,15,16). The second-order valence-electron chi connectivity index (χ2n) is 3.32. The van der Waals surface area contributed by atoms with Crippen LogP contribution in [-0.4, -0.2) is 48.9 Å². The van der Waals surface area contributed by atoms with Gasteiger partial charge in [0.05, 0.1) is 5.56 Å². The minimum atomic E-state index is -4.41. The number of aromatic nitrogens is 1. The summed E-state index contributed by atoms with van der Waals surface area (Å²) in [5.74, 6) is -2.87. The molecule has 0 fully saturated rings. The third-order valence-electron chi connectivity index (χ3n) is 1.80. The summed E-state index contributed by atoms with van der Waals surface area (Å²) in [5.41, 5.74) is 0.291. The van der Waals surface area contributed by atoms with Gasteiger partial charge < -0.3 is 9.47 Å². The van der Waals surface area contributed by atoms with Crippen molar-refractivity contribution in [2.75, 3.05) is 19.0 Å². The van der Waals surface area contributed by atoms with E-state index in [1.807, 2.05) is 0 Å². The van der Waals surface area contributed by atoms with E-state index in [2.05, 4.69) is 9.72 Å². The van der Waals surface area contributed by atoms with Crippen molar-refractivity contribution >= 4 is 22.1 Å². The van der Waals surface area contributed by atoms with Crippen LogP contribution in [-0.2, 0) is 24.4 Å². The van der Waals surface area contributed by atoms with Gasteiger partial charge in [0.25, 0.3) is 10.1 Å². The lowest BCUT2D eigenvalue weighted by molar-refractivity contribution is -0.141. The Hall–Kier alpha value is -2.00. The Kier molecular flexibility index (Phi) is 5.39. The number of carbonyl (C=O) groups excluding carboxylic acids is 2. The first-order valence-corrected chi connectivity index (χ1v) is 6.67. The van der Waals surface area contributed by atoms with Gasteiger partial charge in [-0.2, -0.15) is 8.42 Å². The van der Waals surface area contributed by atoms with Gasteiger partial charge in [-0.05, 0) is 12.1 Å². The van der Waals surface area contributed by atoms with Crippen molar-refractivity contribution in [3.8, 4) is 0 Å². The Morgan fingerprint density at radius 1 is 1.16 bits per heavy atom. The zero-order valence-electron chi connectivity index (χ0n) is 9.68. The average Bonchev–Trinajstić information content (AvgIpc) is 2.33. The van der Waals surface area contributed by atoms with Crippen LogP contribution in [0.4, 0.5) is 0 Å². The maximum absolute atomic E-state index is 11.4. The lowest BCUT2D eigenvalue weighted by Crippen LogP contribution is -2.20. The Bertz CT molecular complexity index is 540. The number of rotatable bonds is 6. The molecule has 0 aliphatic rings. The summed E-state index contributed by atoms with van der Waals surface area (Å²) in [6.07, 6.45) is 2.84. The molecule has 0 unspecified atom stereocenters. The monoisotopic (exact) mass is 289 g/mol. The van der Waals surface area contributed by atoms with Crippen LogP contribution in [0.5, 0.6) is 0 Å². The fraction of sp³-hybridized carbons (Fsp3) is 0.300. The fourth-order valence-electron chi connectivity index (χ4n) is 1.05. The lowest BCUT2D eigenvalue weighted by Gasteiger charge is -2.05. The van der Waals surface area contributed by atoms with Crippen LogP contribution in [0.3, 0.4) is 0 Å². The summed E-state index contributed by atoms with van der Waals surface area (Å²) in [6.45, 7) is -0.524. The summed E-state index contributed by atoms with van der Waals surface area (Å²) in [7, 11) is -4.41. The molecule has 0 atom stereocenters. The van der Waals surface area contributed by atoms with Gasteiger partial charge in [0, 0.05) is 12.4 Å². The minimum absolute atomic E-state index is 0.224. The molecule has 0 saturated heterocycles. The van der Waals surface area contributed by atoms with E-state index in [-0.39, 0.29) is 13.2 Å². The van der Waals surface area contributed by atoms with Gasteiger partial charge in [0.1, 0.15) is 13.2 Å². The van der Waals surface area contributed by atoms with Crippen LogP contribution >= 0.6 is 0 Å². The molecule has 0 amide bonds. The normalized spacial score (nSPS) is 10.8. The minimum Gasteiger partial charge on any atom is -0.461 e. The van der Waals surface area contributed by atoms with Crippen LogP contribution in [0.1, 0.15) is 10.4 Å². The van der Waals surface area contributed by atoms with Gasteiger partial charge in [-0.3, -0.25) is 14.3 Å². The highest BCUT2D eigenvalue weighted by molar-refractivity contribution is 7.86. The molecule has 8 nitrogen and oxygen atoms in total. The van der Waals surface area contributed by atoms with E-state index >= 15 is 0 Å². The number of ether oxygens (including phenoxy) is 2. The molecular formula is C10H11NO7S. The first kappa shape index (κ1) is 15.1. The topological polar surface area (TPSA) is 120 Å². The van der Waals surface area contributed by atoms with E-state index in [0.717, 1.165) is 0 Å². The van der Waals surface area contributed by atoms with Gasteiger partial charge in [0.15, 0.2) is 5.75 Å². The largest absolute Gasteiger partial charge is 0.461 e. The maximum Gasteiger partial charge on any atom is 0.338 e. The molecule has 0 aliphatic carbocycles. The Balaban J connectivity index is 2.25. The van der Waals surface area contributed by atoms with Crippen molar-refractivity contribution in [2.24, 2.45) is 0 Å². The zero-order chi connectivity index (χ0) is 14.3. The first-order valence-electron chi connectivity index (χ1n) is 5.06. The second kappa shape index (κ2) is 6.81. The number of hydrogen-bond acceptors (Lipinski definition) is 7. The highest BCUT2D eigenvalue weighted by Gasteiger charge is 2.14. The molecule has 0 spiro atoms. The molecule has 0 bridgehead atoms. The van der Waals surface area contributed by atoms with Gasteiger partial charge in [-0.15, -0.1) is 0 Å². The highest BCUT2D eigenvalue weighted by atomic mass is 32.2. The quantitative estimate of drug-likeness (QED) is 0.429. The summed E-state index contributed by atoms with van der Waals surface area (Å²) >= 11 is 0. The van der Waals surface area contributed by atoms with Crippen molar-refractivity contribution in [1.29, 1.82) is 0 Å². The van der Waals surface area contributed by atoms with Crippen molar-refractivity contribution in [1.82, 2.24) is 4.98 Å². The van der Waals surface area contributed by atoms with E-state index in [0.29, 0.717) is 5.56 Å². The lowest BCUT2D eigenvalue weighted by atomic mass is 10.3. The molecule has 1 aromatic rings. The molecule has 104 valence electrons. The molecule has 1 N–H and O–H groups in total. The van der Waals surface area contributed by atoms with E-state index < -0.39 is 27.8 Å². The molecule has 19 heavy (non-hydrogen) atoms. The average molecular weight is 289 g/mol. The van der Waals surface area contributed by atoms with Crippen LogP contribution < -0.4 is 0 Å². The van der Waals surface area contributed by atoms with Crippen molar-refractivity contribution in [3.05, 3.63) is 30.1 Å². The van der Waals surface area contributed by atoms with Crippen molar-refractivity contribution in [2.45, 2.75) is 0 Å². The van der Waals surface area contributed by atoms with E-state index in [9.17, 15) is 18.0 Å². The Labute approximate surface area is 109 Å². The first-order chi connectivity index (χ1) is 8.88. The Morgan fingerprint density at radius 3 is 2.32 bits per heavy atom. The summed E-state index contributed by atoms with van der Waals surface area (Å²) < 4.78 is 38.2. The molecule has 1 rings (SSSR count). The van der Waals surface area contributed by atoms with Crippen LogP contribution in [0.15, 0.2) is 24.5 Å². The van der Waals surface area contributed by atoms with Gasteiger partial charge >= 0.3 is 11.9 Å². The van der Waals surface area contributed by atoms with Crippen molar-refractivity contribution < 1.29 is 32.0 Å². The molecule has 9 heteroatoms. The molecule has 0 aromatic carbocycles. The highest BCUT2D eigenvalue weighted by Crippen LogP contribution is 1.99. The number of esters is 2. The van der Waals surface area contributed by atoms with E-state index in [4.69, 9.17) is 9.29 Å². The number of nitrogens with zero attached hydrogens (tertiary/aromatic N) is 1. The second-order valence-corrected chi connectivity index (χ2v) is 4.77. The summed E-state index contributed by atoms with van der Waals surface area (Å²) in [6, 6.07) is 2.90. The zero-order valence-corrected chi connectivity index (χ0v) is 10.5. The Morgan fingerprint density at radius 2 is 1.74 bits per heavy atom. The summed E-state index contributed by atoms with van der Waals surface area (Å²) in [4.78, 5) is 26.0. The van der Waals surface area contributed by atoms with Crippen LogP contribution in [0, 0.1) is 0 Å². The van der Waals surface area contributed by atoms with Crippen LogP contribution in [0.25, 0.3) is 0 Å². The van der Waals surface area contributed by atoms with Gasteiger partial charge in [-0.1, -0.05) is 0 Å². The third-order valence-corrected chi connectivity index (χ3v) is 2.40. The molecule has 0 radical (unpaired) electrons. The van der Waals surface area contributed by atoms with Crippen LogP contribution in [0.2, 0.25) is 0 Å². The molecule has 1 heterocycles. The van der Waals surface area contributed by atoms with E-state index in [1.54, 1.807) is 0 Å². The van der Waals surface area contributed by atoms with Gasteiger partial charge in [-0.25, -0.2) is 4.79 Å².